The van der Waals surface area contributed by atoms with E-state index in [1.807, 2.05) is 24.3 Å². The Kier molecular flexibility index (Phi) is 1.65. The largest absolute Gasteiger partial charge is 0.254 e. The molecule has 0 N–H and O–H groups in total. The highest BCUT2D eigenvalue weighted by atomic mass is 19.1. The van der Waals surface area contributed by atoms with E-state index < -0.39 is 0 Å². The molecule has 3 rings (SSSR count). The summed E-state index contributed by atoms with van der Waals surface area (Å²) in [6, 6.07) is 9.09. The zero-order valence-electron chi connectivity index (χ0n) is 7.81. The Morgan fingerprint density at radius 1 is 0.933 bits per heavy atom. The number of hydrogen-bond donors (Lipinski definition) is 0. The van der Waals surface area contributed by atoms with Crippen LogP contribution in [0, 0.1) is 5.82 Å². The number of hydrogen-bond acceptors (Lipinski definition) is 2. The predicted octanol–water partition coefficient (Wildman–Crippen LogP) is 2.92. The van der Waals surface area contributed by atoms with Crippen molar-refractivity contribution < 1.29 is 4.39 Å². The number of pyridine rings is 2. The summed E-state index contributed by atoms with van der Waals surface area (Å²) in [5.41, 5.74) is 1.56. The molecule has 0 saturated heterocycles. The standard InChI is InChI=1S/C12H7FN2/c13-10-6-9-4-3-8-2-1-5-14-11(8)12(9)15-7-10/h1-7H. The van der Waals surface area contributed by atoms with Gasteiger partial charge in [0.1, 0.15) is 5.82 Å². The lowest BCUT2D eigenvalue weighted by molar-refractivity contribution is 0.624. The summed E-state index contributed by atoms with van der Waals surface area (Å²) in [5, 5.41) is 1.80. The molecule has 0 fully saturated rings. The summed E-state index contributed by atoms with van der Waals surface area (Å²) in [4.78, 5) is 8.33. The lowest BCUT2D eigenvalue weighted by Gasteiger charge is -2.01. The van der Waals surface area contributed by atoms with Crippen molar-refractivity contribution in [1.82, 2.24) is 9.97 Å². The van der Waals surface area contributed by atoms with Gasteiger partial charge in [0.25, 0.3) is 0 Å². The number of aromatic nitrogens is 2. The van der Waals surface area contributed by atoms with Crippen molar-refractivity contribution in [3.63, 3.8) is 0 Å². The van der Waals surface area contributed by atoms with Crippen LogP contribution in [0.25, 0.3) is 21.8 Å². The smallest absolute Gasteiger partial charge is 0.142 e. The topological polar surface area (TPSA) is 25.8 Å². The highest BCUT2D eigenvalue weighted by Crippen LogP contribution is 2.21. The molecule has 2 nitrogen and oxygen atoms in total. The molecule has 0 bridgehead atoms. The van der Waals surface area contributed by atoms with Crippen molar-refractivity contribution in [3.05, 3.63) is 48.5 Å². The zero-order valence-corrected chi connectivity index (χ0v) is 7.81. The Balaban J connectivity index is 2.55. The quantitative estimate of drug-likeness (QED) is 0.519. The molecule has 3 heteroatoms. The normalized spacial score (nSPS) is 11.0. The minimum Gasteiger partial charge on any atom is -0.254 e. The molecule has 0 aliphatic carbocycles. The van der Waals surface area contributed by atoms with Gasteiger partial charge < -0.3 is 0 Å². The van der Waals surface area contributed by atoms with Gasteiger partial charge in [0.15, 0.2) is 0 Å². The van der Waals surface area contributed by atoms with E-state index in [1.54, 1.807) is 6.20 Å². The molecule has 0 aliphatic rings. The summed E-state index contributed by atoms with van der Waals surface area (Å²) in [6.07, 6.45) is 2.93. The van der Waals surface area contributed by atoms with Crippen LogP contribution in [0.5, 0.6) is 0 Å². The molecule has 2 aromatic heterocycles. The second-order valence-corrected chi connectivity index (χ2v) is 3.37. The fraction of sp³-hybridized carbons (Fsp3) is 0. The minimum atomic E-state index is -0.321. The van der Waals surface area contributed by atoms with Gasteiger partial charge in [0.2, 0.25) is 0 Å². The summed E-state index contributed by atoms with van der Waals surface area (Å²) in [6.45, 7) is 0. The number of rotatable bonds is 0. The van der Waals surface area contributed by atoms with Crippen LogP contribution in [0.2, 0.25) is 0 Å². The lowest BCUT2D eigenvalue weighted by atomic mass is 10.1. The van der Waals surface area contributed by atoms with Gasteiger partial charge in [0.05, 0.1) is 17.2 Å². The molecule has 0 spiro atoms. The summed E-state index contributed by atoms with van der Waals surface area (Å²) in [5.74, 6) is -0.321. The SMILES string of the molecule is Fc1cnc2c(ccc3cccnc32)c1. The van der Waals surface area contributed by atoms with Crippen LogP contribution < -0.4 is 0 Å². The number of halogens is 1. The molecule has 0 saturated carbocycles. The Labute approximate surface area is 85.4 Å². The number of benzene rings is 1. The first-order valence-corrected chi connectivity index (χ1v) is 4.63. The molecular formula is C12H7FN2. The van der Waals surface area contributed by atoms with Crippen molar-refractivity contribution >= 4 is 21.8 Å². The van der Waals surface area contributed by atoms with Crippen LogP contribution in [0.1, 0.15) is 0 Å². The average molecular weight is 198 g/mol. The summed E-state index contributed by atoms with van der Waals surface area (Å²) < 4.78 is 13.0. The van der Waals surface area contributed by atoms with E-state index in [4.69, 9.17) is 0 Å². The molecular weight excluding hydrogens is 191 g/mol. The van der Waals surface area contributed by atoms with Crippen molar-refractivity contribution in [3.8, 4) is 0 Å². The third-order valence-corrected chi connectivity index (χ3v) is 2.39. The highest BCUT2D eigenvalue weighted by molar-refractivity contribution is 6.02. The van der Waals surface area contributed by atoms with Gasteiger partial charge in [0, 0.05) is 17.0 Å². The first-order valence-electron chi connectivity index (χ1n) is 4.63. The van der Waals surface area contributed by atoms with E-state index in [0.29, 0.717) is 0 Å². The van der Waals surface area contributed by atoms with Crippen LogP contribution in [0.4, 0.5) is 4.39 Å². The van der Waals surface area contributed by atoms with Gasteiger partial charge in [-0.15, -0.1) is 0 Å². The van der Waals surface area contributed by atoms with Crippen LogP contribution >= 0.6 is 0 Å². The van der Waals surface area contributed by atoms with Crippen molar-refractivity contribution in [1.29, 1.82) is 0 Å². The second-order valence-electron chi connectivity index (χ2n) is 3.37. The number of fused-ring (bicyclic) bond motifs is 3. The van der Waals surface area contributed by atoms with E-state index in [0.717, 1.165) is 21.8 Å². The number of nitrogens with zero attached hydrogens (tertiary/aromatic N) is 2. The molecule has 0 radical (unpaired) electrons. The Bertz CT molecular complexity index is 649. The fourth-order valence-corrected chi connectivity index (χ4v) is 1.71. The first-order chi connectivity index (χ1) is 7.34. The van der Waals surface area contributed by atoms with Crippen LogP contribution in [0.15, 0.2) is 42.7 Å². The maximum Gasteiger partial charge on any atom is 0.142 e. The average Bonchev–Trinajstić information content (AvgIpc) is 2.28. The van der Waals surface area contributed by atoms with Crippen LogP contribution in [-0.2, 0) is 0 Å². The van der Waals surface area contributed by atoms with Gasteiger partial charge in [-0.2, -0.15) is 0 Å². The van der Waals surface area contributed by atoms with Crippen molar-refractivity contribution in [2.45, 2.75) is 0 Å². The molecule has 15 heavy (non-hydrogen) atoms. The van der Waals surface area contributed by atoms with Crippen LogP contribution in [0.3, 0.4) is 0 Å². The van der Waals surface area contributed by atoms with Gasteiger partial charge in [-0.1, -0.05) is 18.2 Å². The summed E-state index contributed by atoms with van der Waals surface area (Å²) >= 11 is 0. The molecule has 1 aromatic carbocycles. The third-order valence-electron chi connectivity index (χ3n) is 2.39. The van der Waals surface area contributed by atoms with E-state index >= 15 is 0 Å². The van der Waals surface area contributed by atoms with Gasteiger partial charge in [-0.3, -0.25) is 9.97 Å². The summed E-state index contributed by atoms with van der Waals surface area (Å²) in [7, 11) is 0. The van der Waals surface area contributed by atoms with Gasteiger partial charge in [-0.05, 0) is 12.1 Å². The van der Waals surface area contributed by atoms with Gasteiger partial charge in [-0.25, -0.2) is 4.39 Å². The zero-order chi connectivity index (χ0) is 10.3. The second kappa shape index (κ2) is 2.98. The van der Waals surface area contributed by atoms with Crippen molar-refractivity contribution in [2.75, 3.05) is 0 Å². The van der Waals surface area contributed by atoms with Gasteiger partial charge >= 0.3 is 0 Å². The third kappa shape index (κ3) is 1.24. The van der Waals surface area contributed by atoms with E-state index in [2.05, 4.69) is 9.97 Å². The van der Waals surface area contributed by atoms with E-state index in [-0.39, 0.29) is 5.82 Å². The molecule has 0 atom stereocenters. The Morgan fingerprint density at radius 2 is 1.73 bits per heavy atom. The lowest BCUT2D eigenvalue weighted by Crippen LogP contribution is -1.85. The molecule has 0 amide bonds. The molecule has 3 aromatic rings. The molecule has 0 unspecified atom stereocenters. The van der Waals surface area contributed by atoms with Crippen LogP contribution in [-0.4, -0.2) is 9.97 Å². The first kappa shape index (κ1) is 8.29. The molecule has 72 valence electrons. The van der Waals surface area contributed by atoms with Crippen molar-refractivity contribution in [2.24, 2.45) is 0 Å². The monoisotopic (exact) mass is 198 g/mol. The predicted molar refractivity (Wildman–Crippen MR) is 57.0 cm³/mol. The van der Waals surface area contributed by atoms with E-state index in [9.17, 15) is 4.39 Å². The fourth-order valence-electron chi connectivity index (χ4n) is 1.71. The van der Waals surface area contributed by atoms with E-state index in [1.165, 1.54) is 12.3 Å². The Hall–Kier alpha value is -2.03. The maximum absolute atomic E-state index is 13.0. The molecule has 2 heterocycles. The molecule has 0 aliphatic heterocycles. The minimum absolute atomic E-state index is 0.321. The Morgan fingerprint density at radius 3 is 2.67 bits per heavy atom. The maximum atomic E-state index is 13.0. The highest BCUT2D eigenvalue weighted by Gasteiger charge is 2.02.